The first-order valence-corrected chi connectivity index (χ1v) is 10.1. The Morgan fingerprint density at radius 3 is 2.50 bits per heavy atom. The fourth-order valence-electron chi connectivity index (χ4n) is 3.94. The molecule has 4 rings (SSSR count). The van der Waals surface area contributed by atoms with Crippen molar-refractivity contribution in [2.75, 3.05) is 24.6 Å². The van der Waals surface area contributed by atoms with Crippen LogP contribution in [0.3, 0.4) is 0 Å². The van der Waals surface area contributed by atoms with Crippen LogP contribution in [0.25, 0.3) is 11.1 Å². The summed E-state index contributed by atoms with van der Waals surface area (Å²) >= 11 is 0. The Labute approximate surface area is 183 Å². The molecule has 3 aromatic rings. The van der Waals surface area contributed by atoms with Crippen molar-refractivity contribution in [1.82, 2.24) is 20.1 Å². The fraction of sp³-hybridized carbons (Fsp3) is 0.273. The van der Waals surface area contributed by atoms with Crippen LogP contribution in [0.15, 0.2) is 36.7 Å². The Balaban J connectivity index is 1.80. The van der Waals surface area contributed by atoms with Crippen LogP contribution in [-0.2, 0) is 0 Å². The van der Waals surface area contributed by atoms with E-state index in [0.29, 0.717) is 39.2 Å². The van der Waals surface area contributed by atoms with E-state index in [1.54, 1.807) is 24.3 Å². The molecule has 2 aromatic heterocycles. The van der Waals surface area contributed by atoms with Crippen LogP contribution in [-0.4, -0.2) is 39.3 Å². The second-order valence-corrected chi connectivity index (χ2v) is 7.73. The predicted molar refractivity (Wildman–Crippen MR) is 118 cm³/mol. The van der Waals surface area contributed by atoms with Crippen molar-refractivity contribution in [2.45, 2.75) is 25.8 Å². The molecule has 0 amide bonds. The van der Waals surface area contributed by atoms with Crippen molar-refractivity contribution in [3.05, 3.63) is 59.0 Å². The second-order valence-electron chi connectivity index (χ2n) is 7.73. The first-order chi connectivity index (χ1) is 15.3. The molecule has 0 radical (unpaired) electrons. The number of halogens is 2. The van der Waals surface area contributed by atoms with E-state index in [0.717, 1.165) is 13.0 Å². The van der Waals surface area contributed by atoms with E-state index in [4.69, 9.17) is 16.9 Å². The molecule has 1 aliphatic heterocycles. The Kier molecular flexibility index (Phi) is 5.70. The summed E-state index contributed by atoms with van der Waals surface area (Å²) in [5.41, 5.74) is 15.3. The third kappa shape index (κ3) is 3.84. The number of nitrogens with zero attached hydrogens (tertiary/aromatic N) is 3. The highest BCUT2D eigenvalue weighted by Crippen LogP contribution is 2.38. The minimum Gasteiger partial charge on any atom is -0.398 e. The number of aromatic nitrogens is 3. The van der Waals surface area contributed by atoms with Gasteiger partial charge in [0.05, 0.1) is 22.7 Å². The summed E-state index contributed by atoms with van der Waals surface area (Å²) in [5, 5.41) is 16.0. The average Bonchev–Trinajstić information content (AvgIpc) is 3.44. The predicted octanol–water partition coefficient (Wildman–Crippen LogP) is 3.20. The van der Waals surface area contributed by atoms with Gasteiger partial charge in [0, 0.05) is 47.1 Å². The van der Waals surface area contributed by atoms with Gasteiger partial charge in [0.2, 0.25) is 0 Å². The molecule has 1 aromatic carbocycles. The van der Waals surface area contributed by atoms with Gasteiger partial charge in [-0.25, -0.2) is 9.67 Å². The van der Waals surface area contributed by atoms with Crippen LogP contribution < -0.4 is 16.8 Å². The number of benzene rings is 1. The minimum absolute atomic E-state index is 0.0230. The van der Waals surface area contributed by atoms with Gasteiger partial charge in [0.15, 0.2) is 5.78 Å². The third-order valence-electron chi connectivity index (χ3n) is 5.68. The van der Waals surface area contributed by atoms with Gasteiger partial charge >= 0.3 is 6.55 Å². The summed E-state index contributed by atoms with van der Waals surface area (Å²) in [6.07, 6.45) is 3.46. The third-order valence-corrected chi connectivity index (χ3v) is 5.68. The molecular formula is C22H23F2N7O. The molecule has 1 unspecified atom stereocenters. The van der Waals surface area contributed by atoms with Gasteiger partial charge in [-0.3, -0.25) is 10.2 Å². The number of hydrogen-bond acceptors (Lipinski definition) is 7. The van der Waals surface area contributed by atoms with Gasteiger partial charge in [-0.05, 0) is 19.9 Å². The number of alkyl halides is 2. The zero-order valence-electron chi connectivity index (χ0n) is 17.4. The Morgan fingerprint density at radius 1 is 1.22 bits per heavy atom. The van der Waals surface area contributed by atoms with Crippen molar-refractivity contribution < 1.29 is 13.6 Å². The first kappa shape index (κ1) is 21.6. The van der Waals surface area contributed by atoms with Crippen molar-refractivity contribution in [3.63, 3.8) is 0 Å². The molecule has 0 bridgehead atoms. The van der Waals surface area contributed by atoms with Crippen molar-refractivity contribution in [3.8, 4) is 11.1 Å². The molecule has 3 heterocycles. The van der Waals surface area contributed by atoms with E-state index in [1.807, 2.05) is 0 Å². The highest BCUT2D eigenvalue weighted by atomic mass is 19.3. The number of ketones is 1. The summed E-state index contributed by atoms with van der Waals surface area (Å²) in [6, 6.07) is 6.51. The number of nitrogens with one attached hydrogen (secondary N) is 2. The topological polar surface area (TPSA) is 136 Å². The lowest BCUT2D eigenvalue weighted by Crippen LogP contribution is -2.13. The van der Waals surface area contributed by atoms with Crippen LogP contribution in [0.5, 0.6) is 0 Å². The molecule has 0 aliphatic carbocycles. The van der Waals surface area contributed by atoms with Crippen LogP contribution in [0.2, 0.25) is 0 Å². The molecule has 8 nitrogen and oxygen atoms in total. The van der Waals surface area contributed by atoms with Crippen LogP contribution in [0, 0.1) is 5.41 Å². The molecule has 1 aliphatic rings. The molecule has 32 heavy (non-hydrogen) atoms. The van der Waals surface area contributed by atoms with Gasteiger partial charge in [0.25, 0.3) is 0 Å². The zero-order chi connectivity index (χ0) is 23.0. The lowest BCUT2D eigenvalue weighted by molar-refractivity contribution is 0.0561. The van der Waals surface area contributed by atoms with E-state index in [-0.39, 0.29) is 34.5 Å². The maximum Gasteiger partial charge on any atom is 0.333 e. The Hall–Kier alpha value is -3.66. The Bertz CT molecular complexity index is 1180. The van der Waals surface area contributed by atoms with Crippen molar-refractivity contribution in [1.29, 1.82) is 5.41 Å². The van der Waals surface area contributed by atoms with Gasteiger partial charge in [-0.2, -0.15) is 13.9 Å². The summed E-state index contributed by atoms with van der Waals surface area (Å²) in [5.74, 6) is -0.0723. The number of Topliss-reactive ketones (excluding diaryl/α,β-unsaturated/α-hetero) is 1. The standard InChI is InChI=1S/C22H23F2N7O/c1-11(32)12-2-4-13(5-3-12)18(25)17-19(26)15(9-29-21(17)27)16-10-31(22(23)24)30-20(16)14-6-7-28-8-14/h2-5,9-10,14,22,25,28H,6-8H2,1H3,(H4,26,27,29). The molecule has 1 atom stereocenters. The van der Waals surface area contributed by atoms with Crippen molar-refractivity contribution >= 4 is 23.0 Å². The zero-order valence-corrected chi connectivity index (χ0v) is 17.4. The molecule has 1 fully saturated rings. The minimum atomic E-state index is -2.79. The van der Waals surface area contributed by atoms with E-state index in [1.165, 1.54) is 19.3 Å². The monoisotopic (exact) mass is 439 g/mol. The average molecular weight is 439 g/mol. The van der Waals surface area contributed by atoms with Crippen LogP contribution in [0.4, 0.5) is 20.3 Å². The number of pyridine rings is 1. The lowest BCUT2D eigenvalue weighted by Gasteiger charge is -2.15. The lowest BCUT2D eigenvalue weighted by atomic mass is 9.93. The van der Waals surface area contributed by atoms with Gasteiger partial charge in [-0.1, -0.05) is 24.3 Å². The molecular weight excluding hydrogens is 416 g/mol. The molecule has 10 heteroatoms. The van der Waals surface area contributed by atoms with E-state index in [2.05, 4.69) is 15.4 Å². The number of anilines is 2. The Morgan fingerprint density at radius 2 is 1.91 bits per heavy atom. The quantitative estimate of drug-likeness (QED) is 0.344. The van der Waals surface area contributed by atoms with Crippen molar-refractivity contribution in [2.24, 2.45) is 0 Å². The maximum absolute atomic E-state index is 13.4. The number of nitrogen functional groups attached to an aromatic ring is 2. The SMILES string of the molecule is CC(=O)c1ccc(C(=N)c2c(N)ncc(-c3cn(C(F)F)nc3C3CCNC3)c2N)cc1. The maximum atomic E-state index is 13.4. The fourth-order valence-corrected chi connectivity index (χ4v) is 3.94. The summed E-state index contributed by atoms with van der Waals surface area (Å²) < 4.78 is 27.4. The number of hydrogen-bond donors (Lipinski definition) is 4. The summed E-state index contributed by atoms with van der Waals surface area (Å²) in [7, 11) is 0. The smallest absolute Gasteiger partial charge is 0.333 e. The largest absolute Gasteiger partial charge is 0.398 e. The van der Waals surface area contributed by atoms with Crippen LogP contribution >= 0.6 is 0 Å². The summed E-state index contributed by atoms with van der Waals surface area (Å²) in [4.78, 5) is 15.7. The molecule has 1 saturated heterocycles. The second kappa shape index (κ2) is 8.46. The molecule has 166 valence electrons. The van der Waals surface area contributed by atoms with E-state index < -0.39 is 6.55 Å². The molecule has 0 spiro atoms. The molecule has 0 saturated carbocycles. The number of rotatable bonds is 6. The number of carbonyl (C=O) groups excluding carboxylic acids is 1. The van der Waals surface area contributed by atoms with Gasteiger partial charge < -0.3 is 16.8 Å². The highest BCUT2D eigenvalue weighted by molar-refractivity contribution is 6.18. The van der Waals surface area contributed by atoms with Gasteiger partial charge in [-0.15, -0.1) is 0 Å². The highest BCUT2D eigenvalue weighted by Gasteiger charge is 2.28. The summed E-state index contributed by atoms with van der Waals surface area (Å²) in [6.45, 7) is 0.0618. The normalized spacial score (nSPS) is 15.9. The van der Waals surface area contributed by atoms with E-state index >= 15 is 0 Å². The van der Waals surface area contributed by atoms with Crippen LogP contribution in [0.1, 0.15) is 53.0 Å². The molecule has 6 N–H and O–H groups in total. The first-order valence-electron chi connectivity index (χ1n) is 10.1. The number of nitrogens with two attached hydrogens (primary N) is 2. The van der Waals surface area contributed by atoms with E-state index in [9.17, 15) is 13.6 Å². The number of carbonyl (C=O) groups is 1. The van der Waals surface area contributed by atoms with Gasteiger partial charge in [0.1, 0.15) is 5.82 Å².